The number of hydrogen-bond donors (Lipinski definition) is 1. The Kier molecular flexibility index (Phi) is 14.2. The van der Waals surface area contributed by atoms with Gasteiger partial charge in [-0.25, -0.2) is 0 Å². The van der Waals surface area contributed by atoms with Crippen molar-refractivity contribution in [2.45, 2.75) is 90.5 Å². The molecule has 1 atom stereocenters. The van der Waals surface area contributed by atoms with Gasteiger partial charge in [-0.3, -0.25) is 0 Å². The van der Waals surface area contributed by atoms with Crippen molar-refractivity contribution in [3.63, 3.8) is 0 Å². The van der Waals surface area contributed by atoms with Crippen LogP contribution in [0.3, 0.4) is 0 Å². The van der Waals surface area contributed by atoms with E-state index in [-0.39, 0.29) is 0 Å². The highest BCUT2D eigenvalue weighted by molar-refractivity contribution is 4.98. The summed E-state index contributed by atoms with van der Waals surface area (Å²) in [5.74, 6) is 2.85. The first-order valence-electron chi connectivity index (χ1n) is 8.04. The van der Waals surface area contributed by atoms with E-state index in [0.717, 1.165) is 19.4 Å². The Labute approximate surface area is 115 Å². The van der Waals surface area contributed by atoms with Crippen LogP contribution in [0.2, 0.25) is 0 Å². The van der Waals surface area contributed by atoms with Crippen LogP contribution in [-0.2, 0) is 0 Å². The Bertz CT molecular complexity index is 192. The Balaban J connectivity index is 3.21. The summed E-state index contributed by atoms with van der Waals surface area (Å²) >= 11 is 0. The van der Waals surface area contributed by atoms with Crippen LogP contribution in [0.15, 0.2) is 0 Å². The SMILES string of the molecule is C#CC(CCCCCCCCCCC)NCCC. The van der Waals surface area contributed by atoms with Crippen LogP contribution in [0.4, 0.5) is 0 Å². The van der Waals surface area contributed by atoms with Crippen LogP contribution in [0, 0.1) is 12.3 Å². The zero-order valence-electron chi connectivity index (χ0n) is 12.6. The lowest BCUT2D eigenvalue weighted by atomic mass is 10.0. The zero-order chi connectivity index (χ0) is 13.5. The van der Waals surface area contributed by atoms with E-state index in [1.807, 2.05) is 0 Å². The molecule has 0 saturated heterocycles. The second kappa shape index (κ2) is 14.6. The molecule has 0 spiro atoms. The highest BCUT2D eigenvalue weighted by Crippen LogP contribution is 2.11. The van der Waals surface area contributed by atoms with Gasteiger partial charge in [0, 0.05) is 0 Å². The van der Waals surface area contributed by atoms with Gasteiger partial charge in [0.2, 0.25) is 0 Å². The molecule has 106 valence electrons. The molecule has 1 unspecified atom stereocenters. The quantitative estimate of drug-likeness (QED) is 0.362. The molecule has 0 aliphatic carbocycles. The molecule has 0 aromatic rings. The summed E-state index contributed by atoms with van der Waals surface area (Å²) in [4.78, 5) is 0. The lowest BCUT2D eigenvalue weighted by Gasteiger charge is -2.11. The fourth-order valence-corrected chi connectivity index (χ4v) is 2.22. The van der Waals surface area contributed by atoms with Crippen molar-refractivity contribution >= 4 is 0 Å². The predicted molar refractivity (Wildman–Crippen MR) is 82.8 cm³/mol. The van der Waals surface area contributed by atoms with Gasteiger partial charge in [-0.15, -0.1) is 6.42 Å². The summed E-state index contributed by atoms with van der Waals surface area (Å²) in [6.07, 6.45) is 20.3. The van der Waals surface area contributed by atoms with E-state index in [0.29, 0.717) is 6.04 Å². The lowest BCUT2D eigenvalue weighted by Crippen LogP contribution is -2.28. The highest BCUT2D eigenvalue weighted by Gasteiger charge is 2.02. The van der Waals surface area contributed by atoms with Crippen molar-refractivity contribution in [3.8, 4) is 12.3 Å². The van der Waals surface area contributed by atoms with Gasteiger partial charge in [-0.2, -0.15) is 0 Å². The largest absolute Gasteiger partial charge is 0.304 e. The third-order valence-corrected chi connectivity index (χ3v) is 3.44. The monoisotopic (exact) mass is 251 g/mol. The summed E-state index contributed by atoms with van der Waals surface area (Å²) < 4.78 is 0. The van der Waals surface area contributed by atoms with E-state index in [9.17, 15) is 0 Å². The first kappa shape index (κ1) is 17.5. The Morgan fingerprint density at radius 1 is 0.833 bits per heavy atom. The van der Waals surface area contributed by atoms with Crippen LogP contribution in [0.1, 0.15) is 84.5 Å². The minimum atomic E-state index is 0.300. The highest BCUT2D eigenvalue weighted by atomic mass is 14.9. The minimum Gasteiger partial charge on any atom is -0.304 e. The molecule has 0 amide bonds. The molecule has 0 aromatic heterocycles. The van der Waals surface area contributed by atoms with Gasteiger partial charge < -0.3 is 5.32 Å². The van der Waals surface area contributed by atoms with E-state index < -0.39 is 0 Å². The Morgan fingerprint density at radius 2 is 1.39 bits per heavy atom. The number of terminal acetylenes is 1. The average Bonchev–Trinajstić information content (AvgIpc) is 2.40. The van der Waals surface area contributed by atoms with Crippen molar-refractivity contribution < 1.29 is 0 Å². The summed E-state index contributed by atoms with van der Waals surface area (Å²) in [7, 11) is 0. The molecule has 0 fully saturated rings. The molecule has 1 heteroatoms. The Hall–Kier alpha value is -0.480. The molecule has 1 nitrogen and oxygen atoms in total. The molecular weight excluding hydrogens is 218 g/mol. The van der Waals surface area contributed by atoms with Crippen molar-refractivity contribution in [2.24, 2.45) is 0 Å². The molecule has 0 aliphatic rings. The second-order valence-electron chi connectivity index (χ2n) is 5.29. The first-order valence-corrected chi connectivity index (χ1v) is 8.04. The molecule has 1 N–H and O–H groups in total. The smallest absolute Gasteiger partial charge is 0.0686 e. The van der Waals surface area contributed by atoms with Crippen molar-refractivity contribution in [1.82, 2.24) is 5.32 Å². The summed E-state index contributed by atoms with van der Waals surface area (Å²) in [5.41, 5.74) is 0. The molecule has 18 heavy (non-hydrogen) atoms. The van der Waals surface area contributed by atoms with Crippen molar-refractivity contribution in [2.75, 3.05) is 6.54 Å². The van der Waals surface area contributed by atoms with Crippen molar-refractivity contribution in [3.05, 3.63) is 0 Å². The molecule has 0 radical (unpaired) electrons. The maximum atomic E-state index is 5.51. The van der Waals surface area contributed by atoms with Gasteiger partial charge in [-0.1, -0.05) is 77.6 Å². The molecule has 0 bridgehead atoms. The van der Waals surface area contributed by atoms with Crippen LogP contribution >= 0.6 is 0 Å². The summed E-state index contributed by atoms with van der Waals surface area (Å²) in [5, 5.41) is 3.41. The maximum Gasteiger partial charge on any atom is 0.0686 e. The normalized spacial score (nSPS) is 12.3. The van der Waals surface area contributed by atoms with E-state index in [2.05, 4.69) is 25.1 Å². The van der Waals surface area contributed by atoms with Gasteiger partial charge in [-0.05, 0) is 19.4 Å². The minimum absolute atomic E-state index is 0.300. The molecule has 0 aliphatic heterocycles. The van der Waals surface area contributed by atoms with E-state index in [1.54, 1.807) is 0 Å². The van der Waals surface area contributed by atoms with Gasteiger partial charge >= 0.3 is 0 Å². The van der Waals surface area contributed by atoms with E-state index >= 15 is 0 Å². The predicted octanol–water partition coefficient (Wildman–Crippen LogP) is 4.91. The van der Waals surface area contributed by atoms with E-state index in [1.165, 1.54) is 57.8 Å². The summed E-state index contributed by atoms with van der Waals surface area (Å²) in [6, 6.07) is 0.300. The standard InChI is InChI=1S/C17H33N/c1-4-7-8-9-10-11-12-13-14-15-17(6-3)18-16-5-2/h3,17-18H,4-5,7-16H2,1-2H3. The fraction of sp³-hybridized carbons (Fsp3) is 0.882. The topological polar surface area (TPSA) is 12.0 Å². The third kappa shape index (κ3) is 12.0. The second-order valence-corrected chi connectivity index (χ2v) is 5.29. The Morgan fingerprint density at radius 3 is 1.89 bits per heavy atom. The lowest BCUT2D eigenvalue weighted by molar-refractivity contribution is 0.511. The number of unbranched alkanes of at least 4 members (excludes halogenated alkanes) is 8. The molecule has 0 rings (SSSR count). The molecule has 0 saturated carbocycles. The number of hydrogen-bond acceptors (Lipinski definition) is 1. The van der Waals surface area contributed by atoms with Crippen LogP contribution < -0.4 is 5.32 Å². The molecule has 0 aromatic carbocycles. The van der Waals surface area contributed by atoms with Crippen molar-refractivity contribution in [1.29, 1.82) is 0 Å². The first-order chi connectivity index (χ1) is 8.85. The molecule has 0 heterocycles. The van der Waals surface area contributed by atoms with Crippen LogP contribution in [0.5, 0.6) is 0 Å². The van der Waals surface area contributed by atoms with Gasteiger partial charge in [0.05, 0.1) is 6.04 Å². The third-order valence-electron chi connectivity index (χ3n) is 3.44. The van der Waals surface area contributed by atoms with Gasteiger partial charge in [0.15, 0.2) is 0 Å². The van der Waals surface area contributed by atoms with Gasteiger partial charge in [0.25, 0.3) is 0 Å². The molecular formula is C17H33N. The van der Waals surface area contributed by atoms with Crippen LogP contribution in [0.25, 0.3) is 0 Å². The fourth-order valence-electron chi connectivity index (χ4n) is 2.22. The maximum absolute atomic E-state index is 5.51. The average molecular weight is 251 g/mol. The zero-order valence-corrected chi connectivity index (χ0v) is 12.6. The van der Waals surface area contributed by atoms with E-state index in [4.69, 9.17) is 6.42 Å². The summed E-state index contributed by atoms with van der Waals surface area (Å²) in [6.45, 7) is 5.50. The number of rotatable bonds is 13. The van der Waals surface area contributed by atoms with Gasteiger partial charge in [0.1, 0.15) is 0 Å². The van der Waals surface area contributed by atoms with Crippen LogP contribution in [-0.4, -0.2) is 12.6 Å². The number of nitrogens with one attached hydrogen (secondary N) is 1.